The van der Waals surface area contributed by atoms with Crippen LogP contribution in [0.1, 0.15) is 16.7 Å². The lowest BCUT2D eigenvalue weighted by atomic mass is 9.95. The molecule has 0 aliphatic carbocycles. The van der Waals surface area contributed by atoms with Crippen LogP contribution in [-0.4, -0.2) is 76.7 Å². The molecule has 5 rings (SSSR count). The third-order valence-corrected chi connectivity index (χ3v) is 9.46. The first kappa shape index (κ1) is 29.9. The summed E-state index contributed by atoms with van der Waals surface area (Å²) >= 11 is 6.09. The minimum absolute atomic E-state index is 0.143. The largest absolute Gasteiger partial charge is 0.366 e. The molecule has 0 spiro atoms. The number of para-hydroxylation sites is 2. The van der Waals surface area contributed by atoms with Gasteiger partial charge in [-0.2, -0.15) is 0 Å². The van der Waals surface area contributed by atoms with Crippen LogP contribution in [0.5, 0.6) is 0 Å². The molecule has 0 radical (unpaired) electrons. The van der Waals surface area contributed by atoms with Crippen molar-refractivity contribution in [1.82, 2.24) is 15.5 Å². The van der Waals surface area contributed by atoms with Crippen molar-refractivity contribution >= 4 is 44.8 Å². The highest BCUT2D eigenvalue weighted by Crippen LogP contribution is 2.30. The van der Waals surface area contributed by atoms with Gasteiger partial charge in [-0.1, -0.05) is 60.1 Å². The van der Waals surface area contributed by atoms with Gasteiger partial charge in [-0.25, -0.2) is 8.42 Å². The van der Waals surface area contributed by atoms with Crippen molar-refractivity contribution < 1.29 is 18.0 Å². The molecule has 2 aliphatic rings. The smallest absolute Gasteiger partial charge is 0.245 e. The van der Waals surface area contributed by atoms with Gasteiger partial charge in [0.05, 0.1) is 23.7 Å². The van der Waals surface area contributed by atoms with Crippen LogP contribution in [0, 0.1) is 0 Å². The van der Waals surface area contributed by atoms with E-state index in [4.69, 9.17) is 11.6 Å². The summed E-state index contributed by atoms with van der Waals surface area (Å²) in [4.78, 5) is 31.2. The Morgan fingerprint density at radius 1 is 0.976 bits per heavy atom. The molecule has 1 saturated heterocycles. The first-order chi connectivity index (χ1) is 20.1. The predicted octanol–water partition coefficient (Wildman–Crippen LogP) is 2.83. The van der Waals surface area contributed by atoms with Gasteiger partial charge in [-0.05, 0) is 47.4 Å². The number of sulfonamides is 1. The van der Waals surface area contributed by atoms with Crippen molar-refractivity contribution in [3.63, 3.8) is 0 Å². The number of benzene rings is 3. The number of fused-ring (bicyclic) bond motifs is 1. The number of hydrogen-bond donors (Lipinski definition) is 2. The lowest BCUT2D eigenvalue weighted by Gasteiger charge is -2.39. The highest BCUT2D eigenvalue weighted by atomic mass is 35.5. The third kappa shape index (κ3) is 6.88. The second-order valence-electron chi connectivity index (χ2n) is 10.8. The Morgan fingerprint density at radius 2 is 1.62 bits per heavy atom. The van der Waals surface area contributed by atoms with Crippen LogP contribution in [0.2, 0.25) is 5.02 Å². The van der Waals surface area contributed by atoms with Crippen molar-refractivity contribution in [3.05, 3.63) is 94.5 Å². The number of carbonyl (C=O) groups excluding carboxylic acids is 2. The van der Waals surface area contributed by atoms with Crippen LogP contribution in [-0.2, 0) is 39.0 Å². The van der Waals surface area contributed by atoms with E-state index in [2.05, 4.69) is 21.6 Å². The third-order valence-electron chi connectivity index (χ3n) is 8.02. The number of anilines is 2. The van der Waals surface area contributed by atoms with E-state index in [1.165, 1.54) is 23.2 Å². The van der Waals surface area contributed by atoms with Gasteiger partial charge < -0.3 is 20.4 Å². The number of carbonyl (C=O) groups is 2. The second-order valence-corrected chi connectivity index (χ2v) is 13.3. The SMILES string of the molecule is CN(c1ccccc1N1CCN(C(=O)[C@@H](Cc2ccc(Cl)cc2)NC(=O)[C@@H]2Cc3ccccc3CN2)CC1)S(C)(=O)=O. The number of nitrogens with zero attached hydrogens (tertiary/aromatic N) is 3. The average Bonchev–Trinajstić information content (AvgIpc) is 3.00. The lowest BCUT2D eigenvalue weighted by molar-refractivity contribution is -0.137. The Hall–Kier alpha value is -3.60. The molecule has 42 heavy (non-hydrogen) atoms. The van der Waals surface area contributed by atoms with E-state index in [1.54, 1.807) is 23.1 Å². The van der Waals surface area contributed by atoms with Gasteiger partial charge >= 0.3 is 0 Å². The van der Waals surface area contributed by atoms with Gasteiger partial charge in [0.2, 0.25) is 21.8 Å². The van der Waals surface area contributed by atoms with Crippen molar-refractivity contribution in [2.75, 3.05) is 48.7 Å². The summed E-state index contributed by atoms with van der Waals surface area (Å²) in [7, 11) is -1.89. The number of hydrogen-bond acceptors (Lipinski definition) is 6. The van der Waals surface area contributed by atoms with Gasteiger partial charge in [0.25, 0.3) is 0 Å². The van der Waals surface area contributed by atoms with Crippen LogP contribution < -0.4 is 19.8 Å². The molecule has 2 amide bonds. The molecule has 2 atom stereocenters. The minimum atomic E-state index is -3.43. The summed E-state index contributed by atoms with van der Waals surface area (Å²) in [6, 6.07) is 21.6. The van der Waals surface area contributed by atoms with Crippen molar-refractivity contribution in [2.45, 2.75) is 31.5 Å². The van der Waals surface area contributed by atoms with Gasteiger partial charge in [-0.15, -0.1) is 0 Å². The van der Waals surface area contributed by atoms with Crippen LogP contribution in [0.4, 0.5) is 11.4 Å². The average molecular weight is 610 g/mol. The second kappa shape index (κ2) is 12.7. The Balaban J connectivity index is 1.29. The maximum atomic E-state index is 13.9. The van der Waals surface area contributed by atoms with Crippen molar-refractivity contribution in [2.24, 2.45) is 0 Å². The molecule has 2 aliphatic heterocycles. The minimum Gasteiger partial charge on any atom is -0.366 e. The van der Waals surface area contributed by atoms with Crippen LogP contribution in [0.25, 0.3) is 0 Å². The monoisotopic (exact) mass is 609 g/mol. The summed E-state index contributed by atoms with van der Waals surface area (Å²) in [5.74, 6) is -0.344. The zero-order chi connectivity index (χ0) is 29.9. The Bertz CT molecular complexity index is 1540. The van der Waals surface area contributed by atoms with E-state index >= 15 is 0 Å². The molecule has 0 aromatic heterocycles. The maximum absolute atomic E-state index is 13.9. The Labute approximate surface area is 252 Å². The summed E-state index contributed by atoms with van der Waals surface area (Å²) in [5.41, 5.74) is 4.60. The number of nitrogens with one attached hydrogen (secondary N) is 2. The molecule has 222 valence electrons. The number of piperazine rings is 1. The van der Waals surface area contributed by atoms with Crippen LogP contribution in [0.15, 0.2) is 72.8 Å². The number of halogens is 1. The van der Waals surface area contributed by atoms with Crippen molar-refractivity contribution in [3.8, 4) is 0 Å². The molecule has 2 N–H and O–H groups in total. The van der Waals surface area contributed by atoms with Gasteiger partial charge in [0.1, 0.15) is 6.04 Å². The van der Waals surface area contributed by atoms with E-state index < -0.39 is 22.1 Å². The highest BCUT2D eigenvalue weighted by Gasteiger charge is 2.32. The van der Waals surface area contributed by atoms with E-state index in [9.17, 15) is 18.0 Å². The molecular formula is C31H36ClN5O4S. The first-order valence-electron chi connectivity index (χ1n) is 14.0. The van der Waals surface area contributed by atoms with Gasteiger partial charge in [0, 0.05) is 51.2 Å². The summed E-state index contributed by atoms with van der Waals surface area (Å²) in [5, 5.41) is 6.97. The predicted molar refractivity (Wildman–Crippen MR) is 166 cm³/mol. The topological polar surface area (TPSA) is 102 Å². The molecular weight excluding hydrogens is 574 g/mol. The zero-order valence-electron chi connectivity index (χ0n) is 23.8. The molecule has 2 heterocycles. The lowest BCUT2D eigenvalue weighted by Crippen LogP contribution is -2.58. The van der Waals surface area contributed by atoms with E-state index in [0.29, 0.717) is 56.3 Å². The van der Waals surface area contributed by atoms with Gasteiger partial charge in [0.15, 0.2) is 0 Å². The summed E-state index contributed by atoms with van der Waals surface area (Å²) < 4.78 is 25.7. The van der Waals surface area contributed by atoms with E-state index in [1.807, 2.05) is 48.5 Å². The fourth-order valence-corrected chi connectivity index (χ4v) is 6.17. The molecule has 0 unspecified atom stereocenters. The van der Waals surface area contributed by atoms with Gasteiger partial charge in [-0.3, -0.25) is 13.9 Å². The molecule has 3 aromatic rings. The number of rotatable bonds is 8. The summed E-state index contributed by atoms with van der Waals surface area (Å²) in [6.45, 7) is 2.55. The maximum Gasteiger partial charge on any atom is 0.245 e. The van der Waals surface area contributed by atoms with Crippen LogP contribution in [0.3, 0.4) is 0 Å². The fourth-order valence-electron chi connectivity index (χ4n) is 5.53. The Kier molecular flexibility index (Phi) is 9.05. The zero-order valence-corrected chi connectivity index (χ0v) is 25.4. The molecule has 11 heteroatoms. The number of amides is 2. The molecule has 0 saturated carbocycles. The molecule has 1 fully saturated rings. The molecule has 9 nitrogen and oxygen atoms in total. The van der Waals surface area contributed by atoms with E-state index in [0.717, 1.165) is 16.8 Å². The van der Waals surface area contributed by atoms with E-state index in [-0.39, 0.29) is 11.8 Å². The Morgan fingerprint density at radius 3 is 2.31 bits per heavy atom. The van der Waals surface area contributed by atoms with Crippen LogP contribution >= 0.6 is 11.6 Å². The standard InChI is InChI=1S/C31H36ClN5O4S/c1-35(42(2,40)41)28-9-5-6-10-29(28)36-15-17-37(18-16-36)31(39)27(19-22-11-13-25(32)14-12-22)34-30(38)26-20-23-7-3-4-8-24(23)21-33-26/h3-14,26-27,33H,15-21H2,1-2H3,(H,34,38)/t26-,27+/m0/s1. The summed E-state index contributed by atoms with van der Waals surface area (Å²) in [6.07, 6.45) is 2.08. The quantitative estimate of drug-likeness (QED) is 0.407. The normalized spacial score (nSPS) is 17.7. The molecule has 3 aromatic carbocycles. The highest BCUT2D eigenvalue weighted by molar-refractivity contribution is 7.92. The first-order valence-corrected chi connectivity index (χ1v) is 16.2. The fraction of sp³-hybridized carbons (Fsp3) is 0.355. The van der Waals surface area contributed by atoms with Crippen molar-refractivity contribution in [1.29, 1.82) is 0 Å². The molecule has 0 bridgehead atoms.